The average Bonchev–Trinajstić information content (AvgIpc) is 2.48. The lowest BCUT2D eigenvalue weighted by molar-refractivity contribution is 0.0595. The highest BCUT2D eigenvalue weighted by Crippen LogP contribution is 2.25. The Morgan fingerprint density at radius 3 is 2.95 bits per heavy atom. The van der Waals surface area contributed by atoms with E-state index in [1.807, 2.05) is 17.9 Å². The van der Waals surface area contributed by atoms with Crippen molar-refractivity contribution in [2.24, 2.45) is 0 Å². The van der Waals surface area contributed by atoms with Crippen LogP contribution >= 0.6 is 11.6 Å². The van der Waals surface area contributed by atoms with Crippen LogP contribution in [0.15, 0.2) is 11.8 Å². The molecule has 0 aliphatic carbocycles. The topological polar surface area (TPSA) is 93.4 Å². The van der Waals surface area contributed by atoms with Gasteiger partial charge in [-0.05, 0) is 6.92 Å². The van der Waals surface area contributed by atoms with Gasteiger partial charge < -0.3 is 20.7 Å². The number of piperazine rings is 1. The first-order valence-electron chi connectivity index (χ1n) is 6.12. The summed E-state index contributed by atoms with van der Waals surface area (Å²) in [5.41, 5.74) is 6.76. The third-order valence-corrected chi connectivity index (χ3v) is 3.24. The van der Waals surface area contributed by atoms with Crippen LogP contribution in [0.25, 0.3) is 0 Å². The minimum absolute atomic E-state index is 0.0109. The number of rotatable bonds is 2. The molecule has 1 aliphatic rings. The average molecular weight is 298 g/mol. The van der Waals surface area contributed by atoms with Crippen molar-refractivity contribution in [1.29, 1.82) is 0 Å². The van der Waals surface area contributed by atoms with Crippen LogP contribution in [0.1, 0.15) is 17.4 Å². The number of hydrogen-bond acceptors (Lipinski definition) is 7. The Kier molecular flexibility index (Phi) is 4.29. The summed E-state index contributed by atoms with van der Waals surface area (Å²) >= 11 is 6.11. The predicted molar refractivity (Wildman–Crippen MR) is 76.8 cm³/mol. The summed E-state index contributed by atoms with van der Waals surface area (Å²) in [5.74, 6) is -0.174. The number of hydrogen-bond donors (Lipinski definition) is 2. The van der Waals surface area contributed by atoms with Crippen LogP contribution in [0.3, 0.4) is 0 Å². The molecule has 0 radical (unpaired) electrons. The molecule has 1 saturated heterocycles. The monoisotopic (exact) mass is 297 g/mol. The zero-order valence-electron chi connectivity index (χ0n) is 11.3. The van der Waals surface area contributed by atoms with Crippen molar-refractivity contribution in [2.45, 2.75) is 6.92 Å². The molecule has 0 spiro atoms. The first-order chi connectivity index (χ1) is 9.56. The molecule has 1 aromatic heterocycles. The second-order valence-corrected chi connectivity index (χ2v) is 4.58. The fraction of sp³-hybridized carbons (Fsp3) is 0.417. The number of nitrogens with two attached hydrogens (primary N) is 1. The number of halogens is 1. The van der Waals surface area contributed by atoms with Crippen LogP contribution in [0.4, 0.5) is 11.6 Å². The first-order valence-corrected chi connectivity index (χ1v) is 6.50. The molecule has 2 heterocycles. The molecule has 0 aromatic carbocycles. The minimum Gasteiger partial charge on any atom is -0.464 e. The number of nitrogens with one attached hydrogen (secondary N) is 1. The van der Waals surface area contributed by atoms with Gasteiger partial charge in [0.25, 0.3) is 0 Å². The van der Waals surface area contributed by atoms with Gasteiger partial charge >= 0.3 is 5.97 Å². The van der Waals surface area contributed by atoms with E-state index in [1.54, 1.807) is 0 Å². The van der Waals surface area contributed by atoms with E-state index < -0.39 is 5.97 Å². The summed E-state index contributed by atoms with van der Waals surface area (Å²) in [6, 6.07) is 0. The third kappa shape index (κ3) is 2.77. The molecule has 108 valence electrons. The van der Waals surface area contributed by atoms with Gasteiger partial charge in [-0.15, -0.1) is 0 Å². The van der Waals surface area contributed by atoms with Gasteiger partial charge in [-0.3, -0.25) is 0 Å². The Hall–Kier alpha value is -2.02. The van der Waals surface area contributed by atoms with Crippen molar-refractivity contribution in [3.63, 3.8) is 0 Å². The van der Waals surface area contributed by atoms with Gasteiger partial charge in [0.15, 0.2) is 22.5 Å². The quantitative estimate of drug-likeness (QED) is 0.780. The number of allylic oxidation sites excluding steroid dienone is 1. The zero-order valence-corrected chi connectivity index (χ0v) is 12.1. The van der Waals surface area contributed by atoms with Crippen molar-refractivity contribution in [1.82, 2.24) is 15.3 Å². The molecule has 0 atom stereocenters. The maximum absolute atomic E-state index is 11.5. The Bertz CT molecular complexity index is 561. The summed E-state index contributed by atoms with van der Waals surface area (Å²) < 4.78 is 4.58. The Balaban J connectivity index is 2.33. The van der Waals surface area contributed by atoms with E-state index in [2.05, 4.69) is 20.0 Å². The number of esters is 1. The molecule has 2 rings (SSSR count). The number of ether oxygens (including phenoxy) is 1. The number of carbonyl (C=O) groups is 1. The highest BCUT2D eigenvalue weighted by atomic mass is 35.5. The molecule has 3 N–H and O–H groups in total. The Labute approximate surface area is 121 Å². The van der Waals surface area contributed by atoms with Crippen molar-refractivity contribution in [3.8, 4) is 0 Å². The van der Waals surface area contributed by atoms with Crippen LogP contribution in [0.5, 0.6) is 0 Å². The van der Waals surface area contributed by atoms with E-state index >= 15 is 0 Å². The van der Waals surface area contributed by atoms with Gasteiger partial charge in [-0.2, -0.15) is 0 Å². The van der Waals surface area contributed by atoms with Gasteiger partial charge in [-0.1, -0.05) is 17.7 Å². The minimum atomic E-state index is -0.655. The van der Waals surface area contributed by atoms with Crippen molar-refractivity contribution in [3.05, 3.63) is 22.6 Å². The van der Waals surface area contributed by atoms with Crippen molar-refractivity contribution in [2.75, 3.05) is 37.4 Å². The lowest BCUT2D eigenvalue weighted by atomic mass is 10.3. The van der Waals surface area contributed by atoms with Gasteiger partial charge in [0.1, 0.15) is 0 Å². The molecule has 0 saturated carbocycles. The number of aromatic nitrogens is 2. The molecule has 8 heteroatoms. The van der Waals surface area contributed by atoms with Crippen LogP contribution in [-0.2, 0) is 4.74 Å². The number of nitrogens with zero attached hydrogens (tertiary/aromatic N) is 3. The zero-order chi connectivity index (χ0) is 14.7. The van der Waals surface area contributed by atoms with E-state index in [-0.39, 0.29) is 16.7 Å². The molecule has 0 bridgehead atoms. The SMILES string of the molecule is C/C=C1\CN(c2nc(N)c(C(=O)OC)nc2Cl)CCN1. The largest absolute Gasteiger partial charge is 0.464 e. The summed E-state index contributed by atoms with van der Waals surface area (Å²) in [7, 11) is 1.25. The van der Waals surface area contributed by atoms with Crippen LogP contribution < -0.4 is 16.0 Å². The molecule has 20 heavy (non-hydrogen) atoms. The van der Waals surface area contributed by atoms with Gasteiger partial charge in [0.2, 0.25) is 0 Å². The van der Waals surface area contributed by atoms with E-state index in [4.69, 9.17) is 17.3 Å². The van der Waals surface area contributed by atoms with E-state index in [0.29, 0.717) is 12.4 Å². The standard InChI is InChI=1S/C12H16ClN5O2/c1-3-7-6-18(5-4-15-7)11-9(13)16-8(10(14)17-11)12(19)20-2/h3,15H,4-6H2,1-2H3,(H2,14,17)/b7-3+. The second-order valence-electron chi connectivity index (χ2n) is 4.23. The molecule has 1 aromatic rings. The van der Waals surface area contributed by atoms with Gasteiger partial charge in [0, 0.05) is 18.8 Å². The highest BCUT2D eigenvalue weighted by Gasteiger charge is 2.22. The molecular formula is C12H16ClN5O2. The molecule has 1 fully saturated rings. The fourth-order valence-corrected chi connectivity index (χ4v) is 2.18. The summed E-state index contributed by atoms with van der Waals surface area (Å²) in [5, 5.41) is 3.40. The molecule has 0 amide bonds. The van der Waals surface area contributed by atoms with Crippen LogP contribution in [0, 0.1) is 0 Å². The van der Waals surface area contributed by atoms with Crippen LogP contribution in [0.2, 0.25) is 5.15 Å². The maximum Gasteiger partial charge on any atom is 0.360 e. The van der Waals surface area contributed by atoms with E-state index in [1.165, 1.54) is 7.11 Å². The molecular weight excluding hydrogens is 282 g/mol. The summed E-state index contributed by atoms with van der Waals surface area (Å²) in [4.78, 5) is 21.6. The Morgan fingerprint density at radius 2 is 2.30 bits per heavy atom. The fourth-order valence-electron chi connectivity index (χ4n) is 1.93. The summed E-state index contributed by atoms with van der Waals surface area (Å²) in [6.45, 7) is 4.09. The molecule has 0 unspecified atom stereocenters. The van der Waals surface area contributed by atoms with Crippen LogP contribution in [-0.4, -0.2) is 42.7 Å². The lowest BCUT2D eigenvalue weighted by Crippen LogP contribution is -2.42. The van der Waals surface area contributed by atoms with Crippen molar-refractivity contribution < 1.29 is 9.53 Å². The van der Waals surface area contributed by atoms with Crippen molar-refractivity contribution >= 4 is 29.2 Å². The normalized spacial score (nSPS) is 16.9. The number of methoxy groups -OCH3 is 1. The third-order valence-electron chi connectivity index (χ3n) is 2.99. The maximum atomic E-state index is 11.5. The number of anilines is 2. The summed E-state index contributed by atoms with van der Waals surface area (Å²) in [6.07, 6.45) is 1.99. The van der Waals surface area contributed by atoms with E-state index in [9.17, 15) is 4.79 Å². The lowest BCUT2D eigenvalue weighted by Gasteiger charge is -2.31. The predicted octanol–water partition coefficient (Wildman–Crippen LogP) is 0.812. The molecule has 1 aliphatic heterocycles. The highest BCUT2D eigenvalue weighted by molar-refractivity contribution is 6.32. The van der Waals surface area contributed by atoms with Gasteiger partial charge in [-0.25, -0.2) is 14.8 Å². The smallest absolute Gasteiger partial charge is 0.360 e. The number of nitrogen functional groups attached to an aromatic ring is 1. The Morgan fingerprint density at radius 1 is 1.55 bits per heavy atom. The number of carbonyl (C=O) groups excluding carboxylic acids is 1. The van der Waals surface area contributed by atoms with E-state index in [0.717, 1.165) is 18.8 Å². The molecule has 7 nitrogen and oxygen atoms in total. The van der Waals surface area contributed by atoms with Gasteiger partial charge in [0.05, 0.1) is 13.7 Å². The second kappa shape index (κ2) is 5.96. The first kappa shape index (κ1) is 14.4.